The Bertz CT molecular complexity index is 404. The maximum atomic E-state index is 12.3. The summed E-state index contributed by atoms with van der Waals surface area (Å²) in [4.78, 5) is 14.0. The molecule has 1 aromatic carbocycles. The number of nitrogens with zero attached hydrogens (tertiary/aromatic N) is 1. The maximum absolute atomic E-state index is 12.3. The number of anilines is 1. The lowest BCUT2D eigenvalue weighted by Gasteiger charge is -2.24. The Morgan fingerprint density at radius 3 is 2.71 bits per heavy atom. The van der Waals surface area contributed by atoms with Gasteiger partial charge in [0.25, 0.3) is 5.91 Å². The molecule has 0 saturated heterocycles. The molecule has 1 atom stereocenters. The molecule has 1 rings (SSSR count). The summed E-state index contributed by atoms with van der Waals surface area (Å²) in [5.41, 5.74) is 6.77. The van der Waals surface area contributed by atoms with Gasteiger partial charge in [0, 0.05) is 18.8 Å². The number of ether oxygens (including phenoxy) is 1. The van der Waals surface area contributed by atoms with Crippen molar-refractivity contribution >= 4 is 11.6 Å². The first-order valence-corrected chi connectivity index (χ1v) is 5.71. The topological polar surface area (TPSA) is 55.6 Å². The van der Waals surface area contributed by atoms with Crippen molar-refractivity contribution in [1.29, 1.82) is 0 Å². The monoisotopic (exact) mass is 236 g/mol. The van der Waals surface area contributed by atoms with E-state index in [0.717, 1.165) is 6.42 Å². The molecule has 4 nitrogen and oxygen atoms in total. The second-order valence-electron chi connectivity index (χ2n) is 4.13. The van der Waals surface area contributed by atoms with Crippen LogP contribution in [-0.4, -0.2) is 31.0 Å². The molecule has 0 aromatic heterocycles. The van der Waals surface area contributed by atoms with E-state index in [9.17, 15) is 4.79 Å². The van der Waals surface area contributed by atoms with Crippen molar-refractivity contribution in [3.05, 3.63) is 23.8 Å². The highest BCUT2D eigenvalue weighted by Crippen LogP contribution is 2.23. The Balaban J connectivity index is 3.06. The van der Waals surface area contributed by atoms with Gasteiger partial charge >= 0.3 is 0 Å². The van der Waals surface area contributed by atoms with Crippen molar-refractivity contribution in [3.8, 4) is 5.75 Å². The van der Waals surface area contributed by atoms with Crippen LogP contribution in [0.2, 0.25) is 0 Å². The third-order valence-electron chi connectivity index (χ3n) is 3.03. The third-order valence-corrected chi connectivity index (χ3v) is 3.03. The van der Waals surface area contributed by atoms with E-state index in [4.69, 9.17) is 10.5 Å². The van der Waals surface area contributed by atoms with Crippen molar-refractivity contribution in [2.75, 3.05) is 19.9 Å². The van der Waals surface area contributed by atoms with Crippen LogP contribution in [0.4, 0.5) is 5.69 Å². The standard InChI is InChI=1S/C13H20N2O2/c1-5-9(2)15(3)13(16)11-8-10(14)6-7-12(11)17-4/h6-9H,5,14H2,1-4H3. The molecule has 1 amide bonds. The molecule has 0 radical (unpaired) electrons. The van der Waals surface area contributed by atoms with Crippen molar-refractivity contribution in [1.82, 2.24) is 4.90 Å². The van der Waals surface area contributed by atoms with E-state index < -0.39 is 0 Å². The molecule has 1 aromatic rings. The van der Waals surface area contributed by atoms with Gasteiger partial charge in [-0.3, -0.25) is 4.79 Å². The van der Waals surface area contributed by atoms with Gasteiger partial charge in [-0.25, -0.2) is 0 Å². The van der Waals surface area contributed by atoms with Crippen LogP contribution < -0.4 is 10.5 Å². The molecule has 0 bridgehead atoms. The normalized spacial score (nSPS) is 12.0. The van der Waals surface area contributed by atoms with Crippen molar-refractivity contribution in [2.45, 2.75) is 26.3 Å². The molecule has 0 aliphatic heterocycles. The summed E-state index contributed by atoms with van der Waals surface area (Å²) in [6.45, 7) is 4.06. The Morgan fingerprint density at radius 2 is 2.18 bits per heavy atom. The summed E-state index contributed by atoms with van der Waals surface area (Å²) in [5.74, 6) is 0.489. The molecule has 0 aliphatic carbocycles. The highest BCUT2D eigenvalue weighted by molar-refractivity contribution is 5.97. The summed E-state index contributed by atoms with van der Waals surface area (Å²) in [7, 11) is 3.34. The first-order valence-electron chi connectivity index (χ1n) is 5.71. The van der Waals surface area contributed by atoms with Crippen LogP contribution in [0.1, 0.15) is 30.6 Å². The zero-order chi connectivity index (χ0) is 13.0. The van der Waals surface area contributed by atoms with E-state index in [1.54, 1.807) is 37.3 Å². The second-order valence-corrected chi connectivity index (χ2v) is 4.13. The zero-order valence-corrected chi connectivity index (χ0v) is 10.9. The minimum Gasteiger partial charge on any atom is -0.496 e. The first kappa shape index (κ1) is 13.4. The van der Waals surface area contributed by atoms with Crippen LogP contribution in [0.25, 0.3) is 0 Å². The Hall–Kier alpha value is -1.71. The summed E-state index contributed by atoms with van der Waals surface area (Å²) in [6.07, 6.45) is 0.910. The van der Waals surface area contributed by atoms with E-state index in [0.29, 0.717) is 17.0 Å². The number of nitrogen functional groups attached to an aromatic ring is 1. The van der Waals surface area contributed by atoms with Crippen LogP contribution in [-0.2, 0) is 0 Å². The molecule has 17 heavy (non-hydrogen) atoms. The van der Waals surface area contributed by atoms with Gasteiger partial charge in [0.15, 0.2) is 0 Å². The van der Waals surface area contributed by atoms with E-state index >= 15 is 0 Å². The maximum Gasteiger partial charge on any atom is 0.257 e. The third kappa shape index (κ3) is 2.90. The van der Waals surface area contributed by atoms with Gasteiger partial charge in [-0.1, -0.05) is 6.92 Å². The Morgan fingerprint density at radius 1 is 1.53 bits per heavy atom. The number of carbonyl (C=O) groups is 1. The average Bonchev–Trinajstić information content (AvgIpc) is 2.35. The summed E-state index contributed by atoms with van der Waals surface area (Å²) >= 11 is 0. The molecule has 4 heteroatoms. The Labute approximate surface area is 102 Å². The van der Waals surface area contributed by atoms with Crippen LogP contribution in [0, 0.1) is 0 Å². The molecule has 0 fully saturated rings. The van der Waals surface area contributed by atoms with Gasteiger partial charge in [0.05, 0.1) is 12.7 Å². The number of methoxy groups -OCH3 is 1. The lowest BCUT2D eigenvalue weighted by atomic mass is 10.1. The number of carbonyl (C=O) groups excluding carboxylic acids is 1. The molecule has 0 saturated carbocycles. The molecular formula is C13H20N2O2. The predicted octanol–water partition coefficient (Wildman–Crippen LogP) is 2.15. The lowest BCUT2D eigenvalue weighted by molar-refractivity contribution is 0.0737. The molecule has 0 aliphatic rings. The predicted molar refractivity (Wildman–Crippen MR) is 69.3 cm³/mol. The number of benzene rings is 1. The number of rotatable bonds is 4. The summed E-state index contributed by atoms with van der Waals surface area (Å²) in [6, 6.07) is 5.28. The van der Waals surface area contributed by atoms with Crippen LogP contribution in [0.3, 0.4) is 0 Å². The lowest BCUT2D eigenvalue weighted by Crippen LogP contribution is -2.34. The van der Waals surface area contributed by atoms with Crippen LogP contribution >= 0.6 is 0 Å². The van der Waals surface area contributed by atoms with Crippen molar-refractivity contribution in [3.63, 3.8) is 0 Å². The SMILES string of the molecule is CCC(C)N(C)C(=O)c1cc(N)ccc1OC. The average molecular weight is 236 g/mol. The molecule has 2 N–H and O–H groups in total. The van der Waals surface area contributed by atoms with Gasteiger partial charge in [0.2, 0.25) is 0 Å². The van der Waals surface area contributed by atoms with E-state index in [1.165, 1.54) is 0 Å². The van der Waals surface area contributed by atoms with E-state index in [1.807, 2.05) is 13.8 Å². The van der Waals surface area contributed by atoms with Gasteiger partial charge in [0.1, 0.15) is 5.75 Å². The van der Waals surface area contributed by atoms with Crippen LogP contribution in [0.15, 0.2) is 18.2 Å². The molecule has 1 unspecified atom stereocenters. The van der Waals surface area contributed by atoms with Gasteiger partial charge in [-0.05, 0) is 31.5 Å². The quantitative estimate of drug-likeness (QED) is 0.815. The van der Waals surface area contributed by atoms with Gasteiger partial charge < -0.3 is 15.4 Å². The van der Waals surface area contributed by atoms with Crippen LogP contribution in [0.5, 0.6) is 5.75 Å². The minimum atomic E-state index is -0.0662. The Kier molecular flexibility index (Phi) is 4.37. The zero-order valence-electron chi connectivity index (χ0n) is 10.9. The smallest absolute Gasteiger partial charge is 0.257 e. The fraction of sp³-hybridized carbons (Fsp3) is 0.462. The fourth-order valence-electron chi connectivity index (χ4n) is 1.56. The van der Waals surface area contributed by atoms with Gasteiger partial charge in [-0.2, -0.15) is 0 Å². The van der Waals surface area contributed by atoms with Gasteiger partial charge in [-0.15, -0.1) is 0 Å². The molecule has 0 heterocycles. The molecular weight excluding hydrogens is 216 g/mol. The highest BCUT2D eigenvalue weighted by atomic mass is 16.5. The minimum absolute atomic E-state index is 0.0662. The second kappa shape index (κ2) is 5.57. The first-order chi connectivity index (χ1) is 8.01. The van der Waals surface area contributed by atoms with Crippen molar-refractivity contribution in [2.24, 2.45) is 0 Å². The van der Waals surface area contributed by atoms with E-state index in [2.05, 4.69) is 0 Å². The summed E-state index contributed by atoms with van der Waals surface area (Å²) in [5, 5.41) is 0. The molecule has 0 spiro atoms. The number of hydrogen-bond acceptors (Lipinski definition) is 3. The molecule has 94 valence electrons. The number of hydrogen-bond donors (Lipinski definition) is 1. The summed E-state index contributed by atoms with van der Waals surface area (Å²) < 4.78 is 5.18. The van der Waals surface area contributed by atoms with E-state index in [-0.39, 0.29) is 11.9 Å². The fourth-order valence-corrected chi connectivity index (χ4v) is 1.56. The van der Waals surface area contributed by atoms with Crippen molar-refractivity contribution < 1.29 is 9.53 Å². The largest absolute Gasteiger partial charge is 0.496 e. The highest BCUT2D eigenvalue weighted by Gasteiger charge is 2.19. The number of amides is 1. The number of nitrogens with two attached hydrogens (primary N) is 1.